The summed E-state index contributed by atoms with van der Waals surface area (Å²) in [6.07, 6.45) is 36.3. The van der Waals surface area contributed by atoms with Gasteiger partial charge in [0.15, 0.2) is 0 Å². The summed E-state index contributed by atoms with van der Waals surface area (Å²) in [5.41, 5.74) is 14.1. The second-order valence-electron chi connectivity index (χ2n) is 15.4. The molecule has 1 fully saturated rings. The lowest BCUT2D eigenvalue weighted by molar-refractivity contribution is 0.371. The van der Waals surface area contributed by atoms with Gasteiger partial charge in [0, 0.05) is 0 Å². The second kappa shape index (κ2) is 12.1. The number of hydrogen-bond donors (Lipinski definition) is 0. The van der Waals surface area contributed by atoms with Crippen molar-refractivity contribution in [3.8, 4) is 11.1 Å². The highest BCUT2D eigenvalue weighted by molar-refractivity contribution is 6.20. The van der Waals surface area contributed by atoms with E-state index in [-0.39, 0.29) is 5.41 Å². The Morgan fingerprint density at radius 1 is 0.720 bits per heavy atom. The Hall–Kier alpha value is -4.94. The van der Waals surface area contributed by atoms with Gasteiger partial charge in [-0.3, -0.25) is 0 Å². The van der Waals surface area contributed by atoms with Crippen molar-refractivity contribution in [2.24, 2.45) is 16.7 Å². The summed E-state index contributed by atoms with van der Waals surface area (Å²) in [5.74, 6) is 0.797. The van der Waals surface area contributed by atoms with Crippen LogP contribution in [-0.2, 0) is 0 Å². The molecule has 246 valence electrons. The first-order chi connectivity index (χ1) is 24.5. The molecule has 0 aliphatic heterocycles. The molecule has 0 nitrogen and oxygen atoms in total. The van der Waals surface area contributed by atoms with Gasteiger partial charge in [-0.25, -0.2) is 0 Å². The van der Waals surface area contributed by atoms with Crippen molar-refractivity contribution < 1.29 is 0 Å². The number of allylic oxidation sites excluding steroid dienone is 17. The number of benzene rings is 4. The first-order valence-electron chi connectivity index (χ1n) is 18.8. The van der Waals surface area contributed by atoms with Gasteiger partial charge in [0.25, 0.3) is 0 Å². The lowest BCUT2D eigenvalue weighted by Gasteiger charge is -2.37. The van der Waals surface area contributed by atoms with E-state index in [2.05, 4.69) is 154 Å². The van der Waals surface area contributed by atoms with E-state index in [9.17, 15) is 0 Å². The van der Waals surface area contributed by atoms with Gasteiger partial charge in [0.1, 0.15) is 0 Å². The van der Waals surface area contributed by atoms with Crippen LogP contribution in [0.15, 0.2) is 157 Å². The van der Waals surface area contributed by atoms with Crippen LogP contribution in [0.2, 0.25) is 0 Å². The Labute approximate surface area is 298 Å². The molecule has 4 aromatic rings. The summed E-state index contributed by atoms with van der Waals surface area (Å²) in [6, 6.07) is 25.7. The third-order valence-corrected chi connectivity index (χ3v) is 12.6. The topological polar surface area (TPSA) is 0 Å². The molecule has 0 N–H and O–H groups in total. The predicted molar refractivity (Wildman–Crippen MR) is 217 cm³/mol. The molecule has 0 heterocycles. The quantitative estimate of drug-likeness (QED) is 0.144. The van der Waals surface area contributed by atoms with Crippen LogP contribution in [0.3, 0.4) is 0 Å². The minimum Gasteiger partial charge on any atom is -0.0991 e. The molecule has 0 radical (unpaired) electrons. The van der Waals surface area contributed by atoms with Crippen LogP contribution in [0.5, 0.6) is 0 Å². The molecule has 9 rings (SSSR count). The number of fused-ring (bicyclic) bond motifs is 3. The molecule has 0 bridgehead atoms. The highest BCUT2D eigenvalue weighted by Crippen LogP contribution is 2.66. The zero-order chi connectivity index (χ0) is 33.9. The molecule has 1 saturated carbocycles. The van der Waals surface area contributed by atoms with E-state index in [0.717, 1.165) is 18.8 Å². The Kier molecular flexibility index (Phi) is 7.54. The average molecular weight is 647 g/mol. The van der Waals surface area contributed by atoms with Gasteiger partial charge < -0.3 is 0 Å². The van der Waals surface area contributed by atoms with Crippen molar-refractivity contribution in [3.05, 3.63) is 174 Å². The Morgan fingerprint density at radius 2 is 1.44 bits per heavy atom. The van der Waals surface area contributed by atoms with Gasteiger partial charge in [-0.05, 0) is 158 Å². The molecule has 5 aliphatic rings. The van der Waals surface area contributed by atoms with Crippen LogP contribution < -0.4 is 0 Å². The second-order valence-corrected chi connectivity index (χ2v) is 15.4. The van der Waals surface area contributed by atoms with Crippen molar-refractivity contribution in [1.82, 2.24) is 0 Å². The summed E-state index contributed by atoms with van der Waals surface area (Å²) < 4.78 is 0. The Balaban J connectivity index is 1.37. The van der Waals surface area contributed by atoms with Crippen molar-refractivity contribution in [2.75, 3.05) is 0 Å². The number of rotatable bonds is 6. The fourth-order valence-corrected chi connectivity index (χ4v) is 9.85. The van der Waals surface area contributed by atoms with Gasteiger partial charge in [-0.1, -0.05) is 141 Å². The molecular formula is C50H46. The Bertz CT molecular complexity index is 2320. The van der Waals surface area contributed by atoms with Gasteiger partial charge in [0.05, 0.1) is 0 Å². The fourth-order valence-electron chi connectivity index (χ4n) is 9.85. The van der Waals surface area contributed by atoms with Crippen LogP contribution >= 0.6 is 0 Å². The van der Waals surface area contributed by atoms with Crippen LogP contribution in [0.25, 0.3) is 49.4 Å². The van der Waals surface area contributed by atoms with E-state index in [4.69, 9.17) is 0 Å². The molecule has 1 unspecified atom stereocenters. The monoisotopic (exact) mass is 646 g/mol. The first-order valence-corrected chi connectivity index (χ1v) is 18.8. The smallest absolute Gasteiger partial charge is 0.000345 e. The summed E-state index contributed by atoms with van der Waals surface area (Å²) in [6.45, 7) is 8.64. The normalized spacial score (nSPS) is 25.6. The third kappa shape index (κ3) is 4.87. The first kappa shape index (κ1) is 31.1. The molecule has 50 heavy (non-hydrogen) atoms. The standard InChI is InChI=1S/C50H46/c1-4-6-16-34(5-2)47-41-26-24-36(39-21-15-29-49(3)28-12-10-22-45(39)49)31-44(41)48(35-17-8-7-9-18-35)42-27-25-37(32-43(42)47)40-20-14-19-38-33-50(38)30-13-11-23-46(40)50/h4-11,14-18,20-27,31-32,38H,1,12-13,19,28-30,33H2,2-3H3/b16-6-,34-5+/t38-,49?,50-/m1/s1. The summed E-state index contributed by atoms with van der Waals surface area (Å²) in [7, 11) is 0. The van der Waals surface area contributed by atoms with E-state index >= 15 is 0 Å². The largest absolute Gasteiger partial charge is 0.0991 e. The van der Waals surface area contributed by atoms with E-state index in [1.807, 2.05) is 6.08 Å². The van der Waals surface area contributed by atoms with Gasteiger partial charge >= 0.3 is 0 Å². The molecule has 0 saturated heterocycles. The highest BCUT2D eigenvalue weighted by Gasteiger charge is 2.56. The maximum absolute atomic E-state index is 4.02. The zero-order valence-electron chi connectivity index (χ0n) is 29.5. The molecule has 0 heteroatoms. The van der Waals surface area contributed by atoms with Gasteiger partial charge in [-0.2, -0.15) is 0 Å². The van der Waals surface area contributed by atoms with Crippen molar-refractivity contribution in [1.29, 1.82) is 0 Å². The van der Waals surface area contributed by atoms with Crippen LogP contribution in [0.1, 0.15) is 75.5 Å². The maximum Gasteiger partial charge on any atom is -0.000345 e. The van der Waals surface area contributed by atoms with E-state index in [1.54, 1.807) is 5.57 Å². The number of hydrogen-bond acceptors (Lipinski definition) is 0. The van der Waals surface area contributed by atoms with Crippen molar-refractivity contribution in [2.45, 2.75) is 58.8 Å². The Morgan fingerprint density at radius 3 is 2.24 bits per heavy atom. The molecule has 0 amide bonds. The molecular weight excluding hydrogens is 601 g/mol. The summed E-state index contributed by atoms with van der Waals surface area (Å²) >= 11 is 0. The van der Waals surface area contributed by atoms with Gasteiger partial charge in [0.2, 0.25) is 0 Å². The predicted octanol–water partition coefficient (Wildman–Crippen LogP) is 13.9. The molecule has 3 atom stereocenters. The molecule has 5 aliphatic carbocycles. The zero-order valence-corrected chi connectivity index (χ0v) is 29.5. The summed E-state index contributed by atoms with van der Waals surface area (Å²) in [4.78, 5) is 0. The highest BCUT2D eigenvalue weighted by atomic mass is 14.6. The molecule has 0 aromatic heterocycles. The lowest BCUT2D eigenvalue weighted by Crippen LogP contribution is -2.23. The average Bonchev–Trinajstić information content (AvgIpc) is 3.86. The third-order valence-electron chi connectivity index (χ3n) is 12.6. The molecule has 4 aromatic carbocycles. The SMILES string of the molecule is C=C/C=C\C(=C/C)c1c2cc(C3=C4C=CCC[C@]45C[C@H]5CC=C3)ccc2c(-c2ccccc2)c2cc(C3=C4C=CCCC4(C)CC=C3)ccc12. The molecule has 1 spiro atoms. The lowest BCUT2D eigenvalue weighted by atomic mass is 9.67. The summed E-state index contributed by atoms with van der Waals surface area (Å²) in [5, 5.41) is 5.19. The fraction of sp³-hybridized carbons (Fsp3) is 0.240. The van der Waals surface area contributed by atoms with Crippen molar-refractivity contribution in [3.63, 3.8) is 0 Å². The van der Waals surface area contributed by atoms with Crippen molar-refractivity contribution >= 4 is 38.3 Å². The van der Waals surface area contributed by atoms with Crippen LogP contribution in [0.4, 0.5) is 0 Å². The van der Waals surface area contributed by atoms with E-state index in [0.29, 0.717) is 5.41 Å². The van der Waals surface area contributed by atoms with E-state index < -0.39 is 0 Å². The maximum atomic E-state index is 4.02. The van der Waals surface area contributed by atoms with Crippen LogP contribution in [-0.4, -0.2) is 0 Å². The minimum absolute atomic E-state index is 0.198. The van der Waals surface area contributed by atoms with Crippen LogP contribution in [0, 0.1) is 16.7 Å². The van der Waals surface area contributed by atoms with E-state index in [1.165, 1.54) is 104 Å². The van der Waals surface area contributed by atoms with Gasteiger partial charge in [-0.15, -0.1) is 0 Å². The minimum atomic E-state index is 0.198.